The normalized spacial score (nSPS) is 12.2. The van der Waals surface area contributed by atoms with Crippen LogP contribution in [-0.2, 0) is 9.84 Å². The summed E-state index contributed by atoms with van der Waals surface area (Å²) >= 11 is 13.1. The molecule has 0 aliphatic rings. The Hall–Kier alpha value is -1.39. The van der Waals surface area contributed by atoms with Crippen LogP contribution in [0.1, 0.15) is 10.7 Å². The number of hydrogen-bond donors (Lipinski definition) is 0. The molecule has 108 valence electrons. The lowest BCUT2D eigenvalue weighted by Gasteiger charge is -2.05. The number of allylic oxidation sites excluding steroid dienone is 1. The number of halogens is 2. The van der Waals surface area contributed by atoms with Gasteiger partial charge in [0.25, 0.3) is 0 Å². The van der Waals surface area contributed by atoms with Crippen molar-refractivity contribution >= 4 is 50.5 Å². The van der Waals surface area contributed by atoms with Crippen LogP contribution in [0.15, 0.2) is 33.4 Å². The molecule has 0 fully saturated rings. The second-order valence-electron chi connectivity index (χ2n) is 3.99. The van der Waals surface area contributed by atoms with E-state index in [1.165, 1.54) is 35.6 Å². The SMILES string of the molecule is Cc1nc(/C=C(\C#N)S(=O)(=O)c2cc(Cl)ccc2Cl)cs1. The van der Waals surface area contributed by atoms with E-state index in [0.717, 1.165) is 5.01 Å². The summed E-state index contributed by atoms with van der Waals surface area (Å²) in [5.74, 6) is 0. The van der Waals surface area contributed by atoms with Gasteiger partial charge >= 0.3 is 0 Å². The van der Waals surface area contributed by atoms with Gasteiger partial charge in [0.05, 0.1) is 20.6 Å². The molecule has 21 heavy (non-hydrogen) atoms. The van der Waals surface area contributed by atoms with Gasteiger partial charge in [-0.25, -0.2) is 13.4 Å². The first kappa shape index (κ1) is 16.0. The van der Waals surface area contributed by atoms with Crippen molar-refractivity contribution in [3.63, 3.8) is 0 Å². The first-order valence-corrected chi connectivity index (χ1v) is 8.70. The highest BCUT2D eigenvalue weighted by molar-refractivity contribution is 7.95. The fraction of sp³-hybridized carbons (Fsp3) is 0.0769. The lowest BCUT2D eigenvalue weighted by atomic mass is 10.4. The Balaban J connectivity index is 2.58. The van der Waals surface area contributed by atoms with E-state index in [1.807, 2.05) is 0 Å². The number of thiazole rings is 1. The number of benzene rings is 1. The Labute approximate surface area is 136 Å². The zero-order valence-electron chi connectivity index (χ0n) is 10.7. The van der Waals surface area contributed by atoms with Gasteiger partial charge in [-0.2, -0.15) is 5.26 Å². The van der Waals surface area contributed by atoms with Gasteiger partial charge in [-0.1, -0.05) is 23.2 Å². The lowest BCUT2D eigenvalue weighted by molar-refractivity contribution is 0.603. The third-order valence-electron chi connectivity index (χ3n) is 2.50. The van der Waals surface area contributed by atoms with Crippen molar-refractivity contribution < 1.29 is 8.42 Å². The van der Waals surface area contributed by atoms with Gasteiger partial charge in [0.15, 0.2) is 4.91 Å². The molecule has 1 heterocycles. The van der Waals surface area contributed by atoms with E-state index in [0.29, 0.717) is 5.69 Å². The maximum atomic E-state index is 12.5. The van der Waals surface area contributed by atoms with E-state index in [2.05, 4.69) is 4.98 Å². The zero-order valence-corrected chi connectivity index (χ0v) is 13.8. The van der Waals surface area contributed by atoms with E-state index in [4.69, 9.17) is 28.5 Å². The number of aromatic nitrogens is 1. The number of nitrogens with zero attached hydrogens (tertiary/aromatic N) is 2. The third kappa shape index (κ3) is 3.44. The van der Waals surface area contributed by atoms with Crippen LogP contribution in [0.3, 0.4) is 0 Å². The fourth-order valence-corrected chi connectivity index (χ4v) is 4.02. The summed E-state index contributed by atoms with van der Waals surface area (Å²) in [6.07, 6.45) is 1.22. The molecule has 0 saturated heterocycles. The summed E-state index contributed by atoms with van der Waals surface area (Å²) in [6.45, 7) is 1.79. The van der Waals surface area contributed by atoms with E-state index in [9.17, 15) is 8.42 Å². The highest BCUT2D eigenvalue weighted by Crippen LogP contribution is 2.30. The quantitative estimate of drug-likeness (QED) is 0.774. The lowest BCUT2D eigenvalue weighted by Crippen LogP contribution is -2.04. The monoisotopic (exact) mass is 358 g/mol. The maximum absolute atomic E-state index is 12.5. The number of sulfone groups is 1. The Morgan fingerprint density at radius 3 is 2.71 bits per heavy atom. The molecular formula is C13H8Cl2N2O2S2. The van der Waals surface area contributed by atoms with Crippen molar-refractivity contribution in [3.05, 3.63) is 49.2 Å². The van der Waals surface area contributed by atoms with E-state index < -0.39 is 14.7 Å². The second-order valence-corrected chi connectivity index (χ2v) is 7.78. The largest absolute Gasteiger partial charge is 0.242 e. The Morgan fingerprint density at radius 2 is 2.14 bits per heavy atom. The van der Waals surface area contributed by atoms with Crippen LogP contribution in [0.2, 0.25) is 10.0 Å². The molecule has 0 spiro atoms. The van der Waals surface area contributed by atoms with Crippen LogP contribution in [0.4, 0.5) is 0 Å². The number of hydrogen-bond acceptors (Lipinski definition) is 5. The highest BCUT2D eigenvalue weighted by Gasteiger charge is 2.24. The Bertz CT molecular complexity index is 865. The molecule has 0 amide bonds. The summed E-state index contributed by atoms with van der Waals surface area (Å²) in [5, 5.41) is 11.8. The van der Waals surface area contributed by atoms with Crippen LogP contribution in [-0.4, -0.2) is 13.4 Å². The molecule has 1 aromatic carbocycles. The average molecular weight is 359 g/mol. The van der Waals surface area contributed by atoms with Gasteiger partial charge in [0.2, 0.25) is 9.84 Å². The summed E-state index contributed by atoms with van der Waals surface area (Å²) in [4.78, 5) is 3.48. The minimum atomic E-state index is -4.05. The van der Waals surface area contributed by atoms with Crippen molar-refractivity contribution in [1.29, 1.82) is 5.26 Å². The molecular weight excluding hydrogens is 351 g/mol. The Kier molecular flexibility index (Phi) is 4.69. The topological polar surface area (TPSA) is 70.8 Å². The summed E-state index contributed by atoms with van der Waals surface area (Å²) in [6, 6.07) is 5.75. The average Bonchev–Trinajstić information content (AvgIpc) is 2.84. The van der Waals surface area contributed by atoms with E-state index in [-0.39, 0.29) is 14.9 Å². The Morgan fingerprint density at radius 1 is 1.43 bits per heavy atom. The molecule has 0 atom stereocenters. The minimum Gasteiger partial charge on any atom is -0.242 e. The van der Waals surface area contributed by atoms with Crippen LogP contribution in [0, 0.1) is 18.3 Å². The summed E-state index contributed by atoms with van der Waals surface area (Å²) < 4.78 is 25.0. The van der Waals surface area contributed by atoms with E-state index in [1.54, 1.807) is 18.4 Å². The minimum absolute atomic E-state index is 0.00927. The van der Waals surface area contributed by atoms with Gasteiger partial charge in [0.1, 0.15) is 6.07 Å². The molecule has 0 N–H and O–H groups in total. The van der Waals surface area contributed by atoms with Crippen molar-refractivity contribution in [2.45, 2.75) is 11.8 Å². The zero-order chi connectivity index (χ0) is 15.6. The van der Waals surface area contributed by atoms with Crippen LogP contribution in [0.5, 0.6) is 0 Å². The molecule has 8 heteroatoms. The summed E-state index contributed by atoms with van der Waals surface area (Å²) in [5.41, 5.74) is 0.413. The summed E-state index contributed by atoms with van der Waals surface area (Å²) in [7, 11) is -4.05. The molecule has 0 aliphatic heterocycles. The molecule has 1 aromatic heterocycles. The van der Waals surface area contributed by atoms with Gasteiger partial charge < -0.3 is 0 Å². The fourth-order valence-electron chi connectivity index (χ4n) is 1.55. The molecule has 2 aromatic rings. The molecule has 0 unspecified atom stereocenters. The molecule has 0 bridgehead atoms. The predicted octanol–water partition coefficient (Wildman–Crippen LogP) is 4.10. The molecule has 0 saturated carbocycles. The molecule has 0 aliphatic carbocycles. The first-order chi connectivity index (χ1) is 9.84. The van der Waals surface area contributed by atoms with Crippen molar-refractivity contribution in [3.8, 4) is 6.07 Å². The number of aryl methyl sites for hydroxylation is 1. The van der Waals surface area contributed by atoms with Gasteiger partial charge in [-0.3, -0.25) is 0 Å². The second kappa shape index (κ2) is 6.16. The van der Waals surface area contributed by atoms with Crippen LogP contribution >= 0.6 is 34.5 Å². The van der Waals surface area contributed by atoms with Crippen molar-refractivity contribution in [1.82, 2.24) is 4.98 Å². The highest BCUT2D eigenvalue weighted by atomic mass is 35.5. The smallest absolute Gasteiger partial charge is 0.218 e. The maximum Gasteiger partial charge on any atom is 0.218 e. The molecule has 2 rings (SSSR count). The van der Waals surface area contributed by atoms with Gasteiger partial charge in [0, 0.05) is 10.4 Å². The molecule has 4 nitrogen and oxygen atoms in total. The predicted molar refractivity (Wildman–Crippen MR) is 84.1 cm³/mol. The number of rotatable bonds is 3. The molecule has 0 radical (unpaired) electrons. The van der Waals surface area contributed by atoms with Crippen molar-refractivity contribution in [2.24, 2.45) is 0 Å². The van der Waals surface area contributed by atoms with E-state index >= 15 is 0 Å². The standard InChI is InChI=1S/C13H8Cl2N2O2S2/c1-8-17-10(7-20-8)5-11(6-16)21(18,19)13-4-9(14)2-3-12(13)15/h2-5,7H,1H3/b11-5+. The van der Waals surface area contributed by atoms with Crippen LogP contribution in [0.25, 0.3) is 6.08 Å². The first-order valence-electron chi connectivity index (χ1n) is 5.58. The van der Waals surface area contributed by atoms with Crippen molar-refractivity contribution in [2.75, 3.05) is 0 Å². The van der Waals surface area contributed by atoms with Crippen LogP contribution < -0.4 is 0 Å². The van der Waals surface area contributed by atoms with Gasteiger partial charge in [-0.05, 0) is 31.2 Å². The number of nitriles is 1. The van der Waals surface area contributed by atoms with Gasteiger partial charge in [-0.15, -0.1) is 11.3 Å². The third-order valence-corrected chi connectivity index (χ3v) is 5.67.